The molecule has 37 heavy (non-hydrogen) atoms. The highest BCUT2D eigenvalue weighted by atomic mass is 35.5. The zero-order chi connectivity index (χ0) is 27.5. The average molecular weight is 556 g/mol. The van der Waals surface area contributed by atoms with E-state index < -0.39 is 15.8 Å². The molecular formula is C25H19Cl2N5O4S. The number of carbonyl (C=O) groups is 1. The van der Waals surface area contributed by atoms with Crippen LogP contribution in [0.15, 0.2) is 47.5 Å². The lowest BCUT2D eigenvalue weighted by molar-refractivity contribution is -0.384. The van der Waals surface area contributed by atoms with Crippen LogP contribution in [0.2, 0.25) is 10.0 Å². The van der Waals surface area contributed by atoms with Crippen LogP contribution in [0.1, 0.15) is 31.9 Å². The van der Waals surface area contributed by atoms with Gasteiger partial charge in [0.25, 0.3) is 5.69 Å². The molecule has 1 unspecified atom stereocenters. The van der Waals surface area contributed by atoms with Crippen LogP contribution in [0.4, 0.5) is 11.5 Å². The fourth-order valence-electron chi connectivity index (χ4n) is 3.22. The minimum absolute atomic E-state index is 0.00289. The van der Waals surface area contributed by atoms with E-state index in [0.29, 0.717) is 10.6 Å². The maximum Gasteiger partial charge on any atom is 0.271 e. The van der Waals surface area contributed by atoms with Crippen LogP contribution in [0.3, 0.4) is 0 Å². The van der Waals surface area contributed by atoms with Crippen molar-refractivity contribution >= 4 is 52.3 Å². The van der Waals surface area contributed by atoms with Crippen molar-refractivity contribution < 1.29 is 14.5 Å². The number of carbonyl (C=O) groups excluding carboxylic acids is 1. The second kappa shape index (κ2) is 11.1. The fourth-order valence-corrected chi connectivity index (χ4v) is 4.86. The number of anilines is 1. The van der Waals surface area contributed by atoms with Gasteiger partial charge in [-0.3, -0.25) is 14.9 Å². The van der Waals surface area contributed by atoms with Gasteiger partial charge in [0.2, 0.25) is 5.44 Å². The number of nitro groups is 1. The van der Waals surface area contributed by atoms with Gasteiger partial charge in [-0.1, -0.05) is 67.9 Å². The van der Waals surface area contributed by atoms with Crippen LogP contribution in [0.5, 0.6) is 5.75 Å². The lowest BCUT2D eigenvalue weighted by Gasteiger charge is -2.25. The Bertz CT molecular complexity index is 1490. The first-order valence-electron chi connectivity index (χ1n) is 10.6. The molecule has 0 aliphatic heterocycles. The Morgan fingerprint density at radius 1 is 1.16 bits per heavy atom. The Morgan fingerprint density at radius 2 is 1.84 bits per heavy atom. The largest absolute Gasteiger partial charge is 0.470 e. The summed E-state index contributed by atoms with van der Waals surface area (Å²) in [5.41, 5.74) is 4.37. The van der Waals surface area contributed by atoms with Gasteiger partial charge in [0.1, 0.15) is 34.3 Å². The number of non-ortho nitro benzene ring substituents is 1. The molecule has 2 aromatic carbocycles. The van der Waals surface area contributed by atoms with Crippen molar-refractivity contribution in [2.75, 3.05) is 5.73 Å². The highest BCUT2D eigenvalue weighted by Crippen LogP contribution is 2.40. The van der Waals surface area contributed by atoms with Crippen LogP contribution in [0, 0.1) is 38.2 Å². The Hall–Kier alpha value is -3.83. The normalized spacial score (nSPS) is 11.8. The minimum Gasteiger partial charge on any atom is -0.470 e. The number of nitrogens with zero attached hydrogens (tertiary/aromatic N) is 4. The van der Waals surface area contributed by atoms with Crippen LogP contribution in [-0.2, 0) is 4.79 Å². The molecule has 12 heteroatoms. The molecule has 0 aliphatic rings. The van der Waals surface area contributed by atoms with E-state index in [1.54, 1.807) is 45.0 Å². The quantitative estimate of drug-likeness (QED) is 0.150. The molecule has 0 radical (unpaired) electrons. The summed E-state index contributed by atoms with van der Waals surface area (Å²) in [6, 6.07) is 14.2. The first-order valence-corrected chi connectivity index (χ1v) is 12.2. The van der Waals surface area contributed by atoms with Crippen molar-refractivity contribution in [2.45, 2.75) is 31.2 Å². The van der Waals surface area contributed by atoms with E-state index in [0.717, 1.165) is 17.8 Å². The molecule has 3 rings (SSSR count). The molecule has 0 spiro atoms. The zero-order valence-electron chi connectivity index (χ0n) is 19.8. The number of ether oxygens (including phenoxy) is 1. The van der Waals surface area contributed by atoms with E-state index in [-0.39, 0.29) is 49.8 Å². The van der Waals surface area contributed by atoms with E-state index in [1.165, 1.54) is 12.1 Å². The summed E-state index contributed by atoms with van der Waals surface area (Å²) in [5, 5.41) is 31.2. The van der Waals surface area contributed by atoms with Crippen LogP contribution >= 0.6 is 35.0 Å². The molecule has 9 nitrogen and oxygen atoms in total. The molecule has 0 aliphatic carbocycles. The summed E-state index contributed by atoms with van der Waals surface area (Å²) >= 11 is 13.2. The summed E-state index contributed by atoms with van der Waals surface area (Å²) in [6.45, 7) is 5.06. The minimum atomic E-state index is -1.27. The maximum absolute atomic E-state index is 13.4. The lowest BCUT2D eigenvalue weighted by Crippen LogP contribution is -2.34. The first kappa shape index (κ1) is 27.8. The lowest BCUT2D eigenvalue weighted by atomic mass is 9.91. The summed E-state index contributed by atoms with van der Waals surface area (Å²) in [7, 11) is 0. The molecule has 188 valence electrons. The van der Waals surface area contributed by atoms with Gasteiger partial charge in [-0.15, -0.1) is 0 Å². The molecule has 0 bridgehead atoms. The molecule has 0 fully saturated rings. The molecule has 2 N–H and O–H groups in total. The van der Waals surface area contributed by atoms with E-state index in [1.807, 2.05) is 6.07 Å². The van der Waals surface area contributed by atoms with Gasteiger partial charge in [0.05, 0.1) is 15.5 Å². The van der Waals surface area contributed by atoms with Crippen molar-refractivity contribution in [2.24, 2.45) is 5.41 Å². The number of hydrogen-bond acceptors (Lipinski definition) is 9. The number of aromatic nitrogens is 1. The third-order valence-electron chi connectivity index (χ3n) is 5.06. The molecule has 1 heterocycles. The number of Topliss-reactive ketones (excluding diaryl/α,β-unsaturated/α-hetero) is 1. The summed E-state index contributed by atoms with van der Waals surface area (Å²) in [5.74, 6) is -0.489. The number of thioether (sulfide) groups is 1. The summed E-state index contributed by atoms with van der Waals surface area (Å²) in [4.78, 5) is 28.0. The van der Waals surface area contributed by atoms with Crippen molar-refractivity contribution in [1.82, 2.24) is 4.98 Å². The molecule has 0 saturated heterocycles. The Morgan fingerprint density at radius 3 is 2.38 bits per heavy atom. The number of halogens is 2. The summed E-state index contributed by atoms with van der Waals surface area (Å²) in [6.07, 6.45) is 0. The number of nitriles is 2. The van der Waals surface area contributed by atoms with E-state index in [2.05, 4.69) is 11.1 Å². The van der Waals surface area contributed by atoms with Gasteiger partial charge in [0, 0.05) is 28.1 Å². The second-order valence-corrected chi connectivity index (χ2v) is 10.6. The molecule has 3 aromatic rings. The molecule has 0 amide bonds. The number of ketones is 1. The van der Waals surface area contributed by atoms with E-state index >= 15 is 0 Å². The number of nitrogen functional groups attached to an aromatic ring is 1. The second-order valence-electron chi connectivity index (χ2n) is 8.71. The smallest absolute Gasteiger partial charge is 0.271 e. The Kier molecular flexibility index (Phi) is 8.29. The Balaban J connectivity index is 2.16. The monoisotopic (exact) mass is 555 g/mol. The SMILES string of the molecule is CC(C)(C)C(=O)C(Oc1ccc([N+](=O)[O-])cc1Cl)Sc1nc(N)c(C#N)c(-c2cccc(Cl)c2)c1C#N. The zero-order valence-corrected chi connectivity index (χ0v) is 22.1. The highest BCUT2D eigenvalue weighted by molar-refractivity contribution is 8.00. The number of nitrogens with two attached hydrogens (primary N) is 1. The Labute approximate surface area is 226 Å². The topological polar surface area (TPSA) is 156 Å². The predicted octanol–water partition coefficient (Wildman–Crippen LogP) is 6.40. The van der Waals surface area contributed by atoms with Gasteiger partial charge in [-0.25, -0.2) is 4.98 Å². The fraction of sp³-hybridized carbons (Fsp3) is 0.200. The van der Waals surface area contributed by atoms with Crippen molar-refractivity contribution in [3.05, 3.63) is 73.8 Å². The van der Waals surface area contributed by atoms with Gasteiger partial charge >= 0.3 is 0 Å². The van der Waals surface area contributed by atoms with Gasteiger partial charge in [-0.05, 0) is 23.8 Å². The third kappa shape index (κ3) is 6.12. The average Bonchev–Trinajstić information content (AvgIpc) is 2.83. The number of benzene rings is 2. The van der Waals surface area contributed by atoms with E-state index in [4.69, 9.17) is 33.7 Å². The maximum atomic E-state index is 13.4. The number of hydrogen-bond donors (Lipinski definition) is 1. The summed E-state index contributed by atoms with van der Waals surface area (Å²) < 4.78 is 5.92. The number of pyridine rings is 1. The number of nitro benzene ring substituents is 1. The van der Waals surface area contributed by atoms with Crippen LogP contribution in [0.25, 0.3) is 11.1 Å². The van der Waals surface area contributed by atoms with Crippen LogP contribution in [-0.4, -0.2) is 21.1 Å². The van der Waals surface area contributed by atoms with E-state index in [9.17, 15) is 25.4 Å². The van der Waals surface area contributed by atoms with Crippen molar-refractivity contribution in [3.63, 3.8) is 0 Å². The van der Waals surface area contributed by atoms with Gasteiger partial charge in [-0.2, -0.15) is 10.5 Å². The predicted molar refractivity (Wildman–Crippen MR) is 141 cm³/mol. The molecular weight excluding hydrogens is 537 g/mol. The van der Waals surface area contributed by atoms with Gasteiger partial charge < -0.3 is 10.5 Å². The van der Waals surface area contributed by atoms with Gasteiger partial charge in [0.15, 0.2) is 5.78 Å². The van der Waals surface area contributed by atoms with Crippen molar-refractivity contribution in [3.8, 4) is 29.0 Å². The molecule has 1 atom stereocenters. The number of rotatable bonds is 7. The third-order valence-corrected chi connectivity index (χ3v) is 6.63. The van der Waals surface area contributed by atoms with Crippen molar-refractivity contribution in [1.29, 1.82) is 10.5 Å². The molecule has 0 saturated carbocycles. The highest BCUT2D eigenvalue weighted by Gasteiger charge is 2.35. The first-order chi connectivity index (χ1) is 17.4. The molecule has 1 aromatic heterocycles. The van der Waals surface area contributed by atoms with Crippen LogP contribution < -0.4 is 10.5 Å². The standard InChI is InChI=1S/C25H19Cl2N5O4S/c1-25(2,3)21(33)24(36-19-8-7-15(32(34)35)10-18(19)27)37-23-17(12-29)20(16(11-28)22(30)31-23)13-5-4-6-14(26)9-13/h4-10,24H,1-3H3,(H2,30,31).